The molecule has 2 amide bonds. The van der Waals surface area contributed by atoms with Gasteiger partial charge in [-0.25, -0.2) is 4.79 Å². The second kappa shape index (κ2) is 9.19. The van der Waals surface area contributed by atoms with Gasteiger partial charge in [-0.1, -0.05) is 20.8 Å². The van der Waals surface area contributed by atoms with Gasteiger partial charge in [0.15, 0.2) is 0 Å². The fourth-order valence-electron chi connectivity index (χ4n) is 2.72. The highest BCUT2D eigenvalue weighted by atomic mass is 16.3. The van der Waals surface area contributed by atoms with Crippen LogP contribution in [-0.2, 0) is 0 Å². The van der Waals surface area contributed by atoms with E-state index in [1.165, 1.54) is 12.8 Å². The number of likely N-dealkylation sites (tertiary alicyclic amines) is 1. The van der Waals surface area contributed by atoms with Gasteiger partial charge in [0.25, 0.3) is 0 Å². The van der Waals surface area contributed by atoms with E-state index in [1.54, 1.807) is 0 Å². The molecule has 1 rings (SSSR count). The molecule has 2 unspecified atom stereocenters. The van der Waals surface area contributed by atoms with Crippen molar-refractivity contribution in [3.8, 4) is 0 Å². The number of hydrogen-bond donors (Lipinski definition) is 3. The maximum atomic E-state index is 11.6. The summed E-state index contributed by atoms with van der Waals surface area (Å²) in [6, 6.07) is -0.183. The number of carbonyl (C=O) groups excluding carboxylic acids is 1. The van der Waals surface area contributed by atoms with Gasteiger partial charge >= 0.3 is 6.03 Å². The summed E-state index contributed by atoms with van der Waals surface area (Å²) >= 11 is 0. The maximum absolute atomic E-state index is 11.6. The fraction of sp³-hybridized carbons (Fsp3) is 0.933. The molecular formula is C15H31N3O2. The highest BCUT2D eigenvalue weighted by Gasteiger charge is 2.15. The average Bonchev–Trinajstić information content (AvgIpc) is 2.36. The van der Waals surface area contributed by atoms with E-state index in [1.807, 2.05) is 0 Å². The van der Waals surface area contributed by atoms with Crippen molar-refractivity contribution in [2.45, 2.75) is 46.1 Å². The first-order chi connectivity index (χ1) is 9.47. The molecule has 5 heteroatoms. The number of nitrogens with one attached hydrogen (secondary N) is 2. The second-order valence-corrected chi connectivity index (χ2v) is 6.47. The predicted octanol–water partition coefficient (Wildman–Crippen LogP) is 1.42. The molecule has 0 radical (unpaired) electrons. The molecule has 0 bridgehead atoms. The number of urea groups is 1. The lowest BCUT2D eigenvalue weighted by Gasteiger charge is -2.30. The summed E-state index contributed by atoms with van der Waals surface area (Å²) < 4.78 is 0. The van der Waals surface area contributed by atoms with Crippen molar-refractivity contribution < 1.29 is 9.90 Å². The van der Waals surface area contributed by atoms with Crippen LogP contribution in [0.25, 0.3) is 0 Å². The number of rotatable bonds is 7. The van der Waals surface area contributed by atoms with E-state index in [0.717, 1.165) is 25.6 Å². The lowest BCUT2D eigenvalue weighted by molar-refractivity contribution is 0.146. The van der Waals surface area contributed by atoms with E-state index in [4.69, 9.17) is 0 Å². The van der Waals surface area contributed by atoms with Gasteiger partial charge in [-0.05, 0) is 37.6 Å². The molecule has 5 nitrogen and oxygen atoms in total. The molecule has 0 aliphatic carbocycles. The Kier molecular flexibility index (Phi) is 7.92. The first-order valence-electron chi connectivity index (χ1n) is 7.89. The highest BCUT2D eigenvalue weighted by molar-refractivity contribution is 5.73. The first-order valence-corrected chi connectivity index (χ1v) is 7.89. The fourth-order valence-corrected chi connectivity index (χ4v) is 2.72. The van der Waals surface area contributed by atoms with E-state index >= 15 is 0 Å². The summed E-state index contributed by atoms with van der Waals surface area (Å²) in [6.45, 7) is 10.6. The van der Waals surface area contributed by atoms with Crippen molar-refractivity contribution in [2.24, 2.45) is 11.8 Å². The topological polar surface area (TPSA) is 64.6 Å². The van der Waals surface area contributed by atoms with Gasteiger partial charge < -0.3 is 20.6 Å². The number of nitrogens with zero attached hydrogens (tertiary/aromatic N) is 1. The molecule has 0 aromatic heterocycles. The number of hydrogen-bond acceptors (Lipinski definition) is 3. The summed E-state index contributed by atoms with van der Waals surface area (Å²) in [6.07, 6.45) is 2.84. The highest BCUT2D eigenvalue weighted by Crippen LogP contribution is 2.14. The van der Waals surface area contributed by atoms with Crippen molar-refractivity contribution in [3.63, 3.8) is 0 Å². The van der Waals surface area contributed by atoms with E-state index in [-0.39, 0.29) is 6.03 Å². The molecule has 0 aromatic carbocycles. The lowest BCUT2D eigenvalue weighted by Crippen LogP contribution is -2.44. The third-order valence-electron chi connectivity index (χ3n) is 3.70. The zero-order valence-electron chi connectivity index (χ0n) is 13.2. The molecule has 118 valence electrons. The minimum Gasteiger partial charge on any atom is -0.391 e. The Bertz CT molecular complexity index is 284. The van der Waals surface area contributed by atoms with Crippen LogP contribution in [0.3, 0.4) is 0 Å². The smallest absolute Gasteiger partial charge is 0.314 e. The maximum Gasteiger partial charge on any atom is 0.314 e. The van der Waals surface area contributed by atoms with Crippen molar-refractivity contribution in [3.05, 3.63) is 0 Å². The monoisotopic (exact) mass is 285 g/mol. The van der Waals surface area contributed by atoms with Gasteiger partial charge in [0.05, 0.1) is 6.10 Å². The molecule has 20 heavy (non-hydrogen) atoms. The van der Waals surface area contributed by atoms with Gasteiger partial charge in [-0.3, -0.25) is 0 Å². The largest absolute Gasteiger partial charge is 0.391 e. The molecule has 1 fully saturated rings. The third-order valence-corrected chi connectivity index (χ3v) is 3.70. The van der Waals surface area contributed by atoms with Gasteiger partial charge in [0, 0.05) is 26.2 Å². The molecule has 1 saturated heterocycles. The third kappa shape index (κ3) is 7.70. The molecule has 0 aromatic rings. The Morgan fingerprint density at radius 1 is 1.40 bits per heavy atom. The molecule has 1 aliphatic rings. The Morgan fingerprint density at radius 3 is 2.80 bits per heavy atom. The zero-order chi connectivity index (χ0) is 15.0. The van der Waals surface area contributed by atoms with Gasteiger partial charge in [-0.2, -0.15) is 0 Å². The van der Waals surface area contributed by atoms with Crippen LogP contribution in [0.2, 0.25) is 0 Å². The Hall–Kier alpha value is -0.810. The van der Waals surface area contributed by atoms with Gasteiger partial charge in [0.2, 0.25) is 0 Å². The number of aliphatic hydroxyl groups excluding tert-OH is 1. The van der Waals surface area contributed by atoms with Crippen molar-refractivity contribution in [1.82, 2.24) is 15.5 Å². The van der Waals surface area contributed by atoms with Gasteiger partial charge in [-0.15, -0.1) is 0 Å². The minimum absolute atomic E-state index is 0.183. The quantitative estimate of drug-likeness (QED) is 0.663. The van der Waals surface area contributed by atoms with E-state index < -0.39 is 6.10 Å². The number of amides is 2. The summed E-state index contributed by atoms with van der Waals surface area (Å²) in [5.41, 5.74) is 0. The predicted molar refractivity (Wildman–Crippen MR) is 81.7 cm³/mol. The van der Waals surface area contributed by atoms with Gasteiger partial charge in [0.1, 0.15) is 0 Å². The summed E-state index contributed by atoms with van der Waals surface area (Å²) in [7, 11) is 0. The molecule has 3 N–H and O–H groups in total. The van der Waals surface area contributed by atoms with Crippen molar-refractivity contribution in [1.29, 1.82) is 0 Å². The van der Waals surface area contributed by atoms with Crippen molar-refractivity contribution in [2.75, 3.05) is 32.7 Å². The van der Waals surface area contributed by atoms with Crippen LogP contribution in [-0.4, -0.2) is 54.9 Å². The van der Waals surface area contributed by atoms with Crippen LogP contribution < -0.4 is 10.6 Å². The van der Waals surface area contributed by atoms with E-state index in [9.17, 15) is 9.90 Å². The Morgan fingerprint density at radius 2 is 2.15 bits per heavy atom. The van der Waals surface area contributed by atoms with Crippen LogP contribution in [0.15, 0.2) is 0 Å². The zero-order valence-corrected chi connectivity index (χ0v) is 13.2. The second-order valence-electron chi connectivity index (χ2n) is 6.47. The first kappa shape index (κ1) is 17.2. The number of carbonyl (C=O) groups is 1. The molecule has 1 aliphatic heterocycles. The van der Waals surface area contributed by atoms with Crippen LogP contribution >= 0.6 is 0 Å². The standard InChI is InChI=1S/C15H31N3O2/c1-12(2)9-14(19)10-17-15(20)16-6-8-18-7-4-5-13(3)11-18/h12-14,19H,4-11H2,1-3H3,(H2,16,17,20). The molecular weight excluding hydrogens is 254 g/mol. The summed E-state index contributed by atoms with van der Waals surface area (Å²) in [5, 5.41) is 15.2. The van der Waals surface area contributed by atoms with Crippen LogP contribution in [0.5, 0.6) is 0 Å². The van der Waals surface area contributed by atoms with Crippen LogP contribution in [0.4, 0.5) is 4.79 Å². The SMILES string of the molecule is CC(C)CC(O)CNC(=O)NCCN1CCCC(C)C1. The summed E-state index contributed by atoms with van der Waals surface area (Å²) in [4.78, 5) is 14.0. The normalized spacial score (nSPS) is 21.8. The molecule has 0 saturated carbocycles. The molecule has 1 heterocycles. The Balaban J connectivity index is 2.05. The minimum atomic E-state index is -0.455. The molecule has 2 atom stereocenters. The lowest BCUT2D eigenvalue weighted by atomic mass is 10.0. The van der Waals surface area contributed by atoms with Crippen molar-refractivity contribution >= 4 is 6.03 Å². The number of piperidine rings is 1. The molecule has 0 spiro atoms. The summed E-state index contributed by atoms with van der Waals surface area (Å²) in [5.74, 6) is 1.21. The Labute approximate surface area is 123 Å². The van der Waals surface area contributed by atoms with Crippen LogP contribution in [0, 0.1) is 11.8 Å². The van der Waals surface area contributed by atoms with E-state index in [2.05, 4.69) is 36.3 Å². The van der Waals surface area contributed by atoms with Crippen LogP contribution in [0.1, 0.15) is 40.0 Å². The average molecular weight is 285 g/mol. The number of aliphatic hydroxyl groups is 1. The van der Waals surface area contributed by atoms with E-state index in [0.29, 0.717) is 25.4 Å².